The fourth-order valence-electron chi connectivity index (χ4n) is 2.08. The van der Waals surface area contributed by atoms with Crippen LogP contribution < -0.4 is 10.2 Å². The summed E-state index contributed by atoms with van der Waals surface area (Å²) in [7, 11) is 0. The molecule has 104 valence electrons. The van der Waals surface area contributed by atoms with Crippen molar-refractivity contribution in [3.63, 3.8) is 0 Å². The first-order valence-electron chi connectivity index (χ1n) is 7.13. The fourth-order valence-corrected chi connectivity index (χ4v) is 2.08. The molecule has 0 aliphatic heterocycles. The lowest BCUT2D eigenvalue weighted by atomic mass is 10.2. The summed E-state index contributed by atoms with van der Waals surface area (Å²) in [6, 6.07) is 8.44. The predicted octanol–water partition coefficient (Wildman–Crippen LogP) is 4.47. The Kier molecular flexibility index (Phi) is 7.48. The summed E-state index contributed by atoms with van der Waals surface area (Å²) in [6.07, 6.45) is 7.60. The first-order valence-corrected chi connectivity index (χ1v) is 7.13. The van der Waals surface area contributed by atoms with Gasteiger partial charge in [0.05, 0.1) is 11.4 Å². The lowest BCUT2D eigenvalue weighted by Crippen LogP contribution is -2.24. The zero-order valence-corrected chi connectivity index (χ0v) is 12.1. The van der Waals surface area contributed by atoms with Crippen molar-refractivity contribution < 1.29 is 0 Å². The van der Waals surface area contributed by atoms with Crippen LogP contribution in [0.3, 0.4) is 0 Å². The normalized spacial score (nSPS) is 9.95. The van der Waals surface area contributed by atoms with E-state index in [-0.39, 0.29) is 0 Å². The van der Waals surface area contributed by atoms with E-state index in [4.69, 9.17) is 0 Å². The van der Waals surface area contributed by atoms with Gasteiger partial charge in [-0.05, 0) is 18.6 Å². The predicted molar refractivity (Wildman–Crippen MR) is 87.1 cm³/mol. The van der Waals surface area contributed by atoms with Crippen molar-refractivity contribution in [3.05, 3.63) is 49.6 Å². The summed E-state index contributed by atoms with van der Waals surface area (Å²) in [5, 5.41) is 3.54. The molecule has 0 aliphatic carbocycles. The third-order valence-electron chi connectivity index (χ3n) is 3.04. The van der Waals surface area contributed by atoms with Crippen LogP contribution in [0.2, 0.25) is 0 Å². The van der Waals surface area contributed by atoms with E-state index < -0.39 is 0 Å². The Morgan fingerprint density at radius 1 is 1.11 bits per heavy atom. The minimum Gasteiger partial charge on any atom is -0.383 e. The van der Waals surface area contributed by atoms with Crippen molar-refractivity contribution >= 4 is 11.4 Å². The molecule has 1 aromatic rings. The topological polar surface area (TPSA) is 15.3 Å². The second kappa shape index (κ2) is 9.26. The lowest BCUT2D eigenvalue weighted by Gasteiger charge is -2.25. The van der Waals surface area contributed by atoms with Gasteiger partial charge in [-0.25, -0.2) is 0 Å². The molecule has 2 nitrogen and oxygen atoms in total. The minimum atomic E-state index is 0.833. The van der Waals surface area contributed by atoms with Crippen LogP contribution >= 0.6 is 0 Å². The average molecular weight is 258 g/mol. The Labute approximate surface area is 117 Å². The van der Waals surface area contributed by atoms with E-state index in [1.165, 1.54) is 30.6 Å². The number of hydrogen-bond donors (Lipinski definition) is 1. The highest BCUT2D eigenvalue weighted by molar-refractivity contribution is 5.70. The van der Waals surface area contributed by atoms with E-state index in [1.807, 2.05) is 12.2 Å². The fraction of sp³-hybridized carbons (Fsp3) is 0.412. The van der Waals surface area contributed by atoms with E-state index in [2.05, 4.69) is 54.6 Å². The van der Waals surface area contributed by atoms with Crippen LogP contribution in [0.5, 0.6) is 0 Å². The van der Waals surface area contributed by atoms with Gasteiger partial charge in [0.1, 0.15) is 0 Å². The number of anilines is 2. The van der Waals surface area contributed by atoms with E-state index in [1.54, 1.807) is 0 Å². The molecule has 0 saturated carbocycles. The average Bonchev–Trinajstić information content (AvgIpc) is 2.44. The summed E-state index contributed by atoms with van der Waals surface area (Å²) in [5.41, 5.74) is 2.42. The molecule has 0 aromatic heterocycles. The van der Waals surface area contributed by atoms with Gasteiger partial charge in [0.25, 0.3) is 0 Å². The van der Waals surface area contributed by atoms with Crippen LogP contribution in [-0.4, -0.2) is 19.6 Å². The Bertz CT molecular complexity index is 375. The zero-order valence-electron chi connectivity index (χ0n) is 12.1. The molecular formula is C17H26N2. The van der Waals surface area contributed by atoms with E-state index >= 15 is 0 Å². The molecule has 0 unspecified atom stereocenters. The monoisotopic (exact) mass is 258 g/mol. The molecule has 1 aromatic carbocycles. The first kappa shape index (κ1) is 15.4. The van der Waals surface area contributed by atoms with Gasteiger partial charge in [-0.2, -0.15) is 0 Å². The van der Waals surface area contributed by atoms with Crippen LogP contribution in [0.4, 0.5) is 11.4 Å². The molecule has 0 atom stereocenters. The number of benzene rings is 1. The molecule has 0 bridgehead atoms. The third-order valence-corrected chi connectivity index (χ3v) is 3.04. The summed E-state index contributed by atoms with van der Waals surface area (Å²) in [4.78, 5) is 2.27. The van der Waals surface area contributed by atoms with Crippen molar-refractivity contribution in [3.8, 4) is 0 Å². The van der Waals surface area contributed by atoms with Gasteiger partial charge in [-0.3, -0.25) is 0 Å². The van der Waals surface area contributed by atoms with Gasteiger partial charge in [0, 0.05) is 19.6 Å². The molecule has 0 fully saturated rings. The number of rotatable bonds is 10. The van der Waals surface area contributed by atoms with E-state index in [9.17, 15) is 0 Å². The molecule has 0 aliphatic rings. The highest BCUT2D eigenvalue weighted by Crippen LogP contribution is 2.25. The van der Waals surface area contributed by atoms with Crippen LogP contribution in [-0.2, 0) is 0 Å². The lowest BCUT2D eigenvalue weighted by molar-refractivity contribution is 0.743. The van der Waals surface area contributed by atoms with Gasteiger partial charge in [-0.1, -0.05) is 44.1 Å². The minimum absolute atomic E-state index is 0.833. The number of nitrogens with one attached hydrogen (secondary N) is 1. The van der Waals surface area contributed by atoms with Crippen molar-refractivity contribution in [2.24, 2.45) is 0 Å². The molecule has 2 heteroatoms. The van der Waals surface area contributed by atoms with Gasteiger partial charge in [0.15, 0.2) is 0 Å². The van der Waals surface area contributed by atoms with Crippen LogP contribution in [0.25, 0.3) is 0 Å². The van der Waals surface area contributed by atoms with Gasteiger partial charge < -0.3 is 10.2 Å². The van der Waals surface area contributed by atoms with Gasteiger partial charge >= 0.3 is 0 Å². The van der Waals surface area contributed by atoms with Crippen molar-refractivity contribution in [1.82, 2.24) is 0 Å². The third kappa shape index (κ3) is 5.21. The second-order valence-corrected chi connectivity index (χ2v) is 4.63. The maximum absolute atomic E-state index is 3.83. The van der Waals surface area contributed by atoms with Gasteiger partial charge in [-0.15, -0.1) is 13.2 Å². The zero-order chi connectivity index (χ0) is 13.9. The molecular weight excluding hydrogens is 232 g/mol. The van der Waals surface area contributed by atoms with Crippen molar-refractivity contribution in [1.29, 1.82) is 0 Å². The van der Waals surface area contributed by atoms with Crippen LogP contribution in [0.15, 0.2) is 49.6 Å². The molecule has 0 saturated heterocycles. The largest absolute Gasteiger partial charge is 0.383 e. The van der Waals surface area contributed by atoms with Crippen molar-refractivity contribution in [2.45, 2.75) is 26.2 Å². The number of para-hydroxylation sites is 2. The molecule has 0 spiro atoms. The Morgan fingerprint density at radius 2 is 1.79 bits per heavy atom. The Balaban J connectivity index is 2.74. The molecule has 0 heterocycles. The maximum Gasteiger partial charge on any atom is 0.0607 e. The standard InChI is InChI=1S/C17H26N2/c1-4-7-10-13-18-16-11-8-9-12-17(16)19(14-5-2)15-6-3/h5-6,8-9,11-12,18H,2-4,7,10,13-15H2,1H3. The molecule has 0 radical (unpaired) electrons. The maximum atomic E-state index is 3.83. The summed E-state index contributed by atoms with van der Waals surface area (Å²) < 4.78 is 0. The second-order valence-electron chi connectivity index (χ2n) is 4.63. The highest BCUT2D eigenvalue weighted by Gasteiger charge is 2.07. The number of nitrogens with zero attached hydrogens (tertiary/aromatic N) is 1. The summed E-state index contributed by atoms with van der Waals surface area (Å²) in [6.45, 7) is 12.6. The van der Waals surface area contributed by atoms with Crippen LogP contribution in [0.1, 0.15) is 26.2 Å². The van der Waals surface area contributed by atoms with E-state index in [0.29, 0.717) is 0 Å². The molecule has 1 rings (SSSR count). The van der Waals surface area contributed by atoms with Crippen molar-refractivity contribution in [2.75, 3.05) is 29.9 Å². The Morgan fingerprint density at radius 3 is 2.42 bits per heavy atom. The first-order chi connectivity index (χ1) is 9.33. The van der Waals surface area contributed by atoms with Gasteiger partial charge in [0.2, 0.25) is 0 Å². The molecule has 0 amide bonds. The molecule has 19 heavy (non-hydrogen) atoms. The quantitative estimate of drug-likeness (QED) is 0.492. The SMILES string of the molecule is C=CCN(CC=C)c1ccccc1NCCCCC. The Hall–Kier alpha value is -1.70. The smallest absolute Gasteiger partial charge is 0.0607 e. The number of unbranched alkanes of at least 4 members (excludes halogenated alkanes) is 2. The molecule has 1 N–H and O–H groups in total. The highest BCUT2D eigenvalue weighted by atomic mass is 15.1. The summed E-state index contributed by atoms with van der Waals surface area (Å²) in [5.74, 6) is 0. The summed E-state index contributed by atoms with van der Waals surface area (Å²) >= 11 is 0. The number of hydrogen-bond acceptors (Lipinski definition) is 2. The van der Waals surface area contributed by atoms with Crippen LogP contribution in [0, 0.1) is 0 Å². The van der Waals surface area contributed by atoms with E-state index in [0.717, 1.165) is 19.6 Å².